The van der Waals surface area contributed by atoms with Gasteiger partial charge in [0.1, 0.15) is 11.6 Å². The van der Waals surface area contributed by atoms with Crippen LogP contribution in [-0.2, 0) is 5.41 Å². The first-order valence-electron chi connectivity index (χ1n) is 15.9. The first-order valence-corrected chi connectivity index (χ1v) is 15.9. The predicted octanol–water partition coefficient (Wildman–Crippen LogP) is 10.4. The second kappa shape index (κ2) is 10.7. The van der Waals surface area contributed by atoms with E-state index >= 15 is 0 Å². The van der Waals surface area contributed by atoms with Gasteiger partial charge in [0, 0.05) is 28.5 Å². The van der Waals surface area contributed by atoms with Gasteiger partial charge in [0.25, 0.3) is 0 Å². The van der Waals surface area contributed by atoms with Crippen LogP contribution in [0.5, 0.6) is 0 Å². The zero-order valence-corrected chi connectivity index (χ0v) is 25.3. The molecule has 3 aliphatic rings. The van der Waals surface area contributed by atoms with E-state index in [4.69, 9.17) is 9.97 Å². The van der Waals surface area contributed by atoms with Gasteiger partial charge in [0.05, 0.1) is 16.8 Å². The number of benzene rings is 5. The van der Waals surface area contributed by atoms with Crippen molar-refractivity contribution in [3.8, 4) is 33.9 Å². The maximum atomic E-state index is 13.9. The first-order chi connectivity index (χ1) is 23.1. The smallest absolute Gasteiger partial charge is 0.160 e. The third kappa shape index (κ3) is 4.29. The van der Waals surface area contributed by atoms with E-state index in [2.05, 4.69) is 103 Å². The van der Waals surface area contributed by atoms with E-state index in [-0.39, 0.29) is 23.5 Å². The molecular formula is C43H28F2N2. The Kier molecular flexibility index (Phi) is 6.26. The van der Waals surface area contributed by atoms with Crippen molar-refractivity contribution in [3.05, 3.63) is 191 Å². The molecule has 2 atom stereocenters. The predicted molar refractivity (Wildman–Crippen MR) is 184 cm³/mol. The number of hydrogen-bond donors (Lipinski definition) is 0. The summed E-state index contributed by atoms with van der Waals surface area (Å²) < 4.78 is 27.7. The van der Waals surface area contributed by atoms with Gasteiger partial charge in [-0.05, 0) is 94.0 Å². The minimum Gasteiger partial charge on any atom is -0.228 e. The van der Waals surface area contributed by atoms with E-state index in [0.29, 0.717) is 17.2 Å². The molecule has 0 bridgehead atoms. The number of aromatic nitrogens is 2. The molecule has 0 saturated carbocycles. The largest absolute Gasteiger partial charge is 0.228 e. The Morgan fingerprint density at radius 1 is 0.511 bits per heavy atom. The molecule has 0 amide bonds. The first kappa shape index (κ1) is 27.6. The van der Waals surface area contributed by atoms with E-state index < -0.39 is 5.41 Å². The van der Waals surface area contributed by atoms with Crippen LogP contribution < -0.4 is 0 Å². The summed E-state index contributed by atoms with van der Waals surface area (Å²) in [6, 6.07) is 38.7. The Bertz CT molecular complexity index is 2170. The van der Waals surface area contributed by atoms with Gasteiger partial charge in [-0.15, -0.1) is 0 Å². The number of fused-ring (bicyclic) bond motifs is 9. The molecule has 4 heteroatoms. The van der Waals surface area contributed by atoms with Gasteiger partial charge < -0.3 is 0 Å². The minimum absolute atomic E-state index is 0.144. The summed E-state index contributed by atoms with van der Waals surface area (Å²) in [4.78, 5) is 10.0. The molecule has 6 aromatic rings. The summed E-state index contributed by atoms with van der Waals surface area (Å²) in [5.74, 6) is 0.253. The molecule has 2 nitrogen and oxygen atoms in total. The molecule has 1 spiro atoms. The summed E-state index contributed by atoms with van der Waals surface area (Å²) in [6.07, 6.45) is 13.5. The van der Waals surface area contributed by atoms with E-state index in [1.807, 2.05) is 6.07 Å². The molecule has 1 heterocycles. The van der Waals surface area contributed by atoms with Crippen LogP contribution in [0.15, 0.2) is 146 Å². The summed E-state index contributed by atoms with van der Waals surface area (Å²) in [5.41, 5.74) is 11.0. The van der Waals surface area contributed by atoms with Crippen LogP contribution in [-0.4, -0.2) is 9.97 Å². The fraction of sp³-hybridized carbons (Fsp3) is 0.0698. The monoisotopic (exact) mass is 610 g/mol. The Hall–Kier alpha value is -5.74. The fourth-order valence-electron chi connectivity index (χ4n) is 7.92. The normalized spacial score (nSPS) is 17.9. The van der Waals surface area contributed by atoms with Crippen molar-refractivity contribution in [3.63, 3.8) is 0 Å². The maximum Gasteiger partial charge on any atom is 0.160 e. The van der Waals surface area contributed by atoms with Gasteiger partial charge in [-0.2, -0.15) is 0 Å². The van der Waals surface area contributed by atoms with Crippen LogP contribution in [0.25, 0.3) is 46.1 Å². The van der Waals surface area contributed by atoms with Crippen LogP contribution >= 0.6 is 0 Å². The van der Waals surface area contributed by atoms with Crippen LogP contribution in [0.3, 0.4) is 0 Å². The average Bonchev–Trinajstić information content (AvgIpc) is 3.32. The van der Waals surface area contributed by atoms with Crippen molar-refractivity contribution >= 4 is 12.2 Å². The molecule has 0 aliphatic heterocycles. The van der Waals surface area contributed by atoms with Gasteiger partial charge in [-0.1, -0.05) is 97.1 Å². The van der Waals surface area contributed by atoms with Gasteiger partial charge in [0.2, 0.25) is 0 Å². The Labute approximate surface area is 272 Å². The number of nitrogens with zero attached hydrogens (tertiary/aromatic N) is 2. The number of allylic oxidation sites excluding steroid dienone is 4. The molecular weight excluding hydrogens is 582 g/mol. The Morgan fingerprint density at radius 3 is 1.64 bits per heavy atom. The molecule has 0 radical (unpaired) electrons. The lowest BCUT2D eigenvalue weighted by atomic mass is 9.62. The molecule has 224 valence electrons. The zero-order valence-electron chi connectivity index (χ0n) is 25.3. The second-order valence-electron chi connectivity index (χ2n) is 12.4. The summed E-state index contributed by atoms with van der Waals surface area (Å²) in [5, 5.41) is 0. The van der Waals surface area contributed by atoms with Crippen molar-refractivity contribution in [2.24, 2.45) is 5.92 Å². The molecule has 3 aliphatic carbocycles. The molecule has 2 unspecified atom stereocenters. The van der Waals surface area contributed by atoms with Crippen LogP contribution in [0, 0.1) is 17.6 Å². The SMILES string of the molecule is Fc1ccc(-c2cc(-c3ccc(F)cc3)nc(-c3ccc4c(c3)C3C=CC=CC3C43c4ccccc4C=Cc4ccccc43)n2)cc1. The van der Waals surface area contributed by atoms with Crippen LogP contribution in [0.2, 0.25) is 0 Å². The van der Waals surface area contributed by atoms with Crippen molar-refractivity contribution in [1.82, 2.24) is 9.97 Å². The molecule has 0 N–H and O–H groups in total. The van der Waals surface area contributed by atoms with Gasteiger partial charge in [-0.3, -0.25) is 0 Å². The van der Waals surface area contributed by atoms with Crippen LogP contribution in [0.4, 0.5) is 8.78 Å². The third-order valence-electron chi connectivity index (χ3n) is 9.95. The van der Waals surface area contributed by atoms with E-state index in [1.54, 1.807) is 24.3 Å². The van der Waals surface area contributed by atoms with Crippen molar-refractivity contribution in [2.45, 2.75) is 11.3 Å². The standard InChI is InChI=1S/C43H28F2N2/c44-32-20-15-29(16-21-32)40-26-41(30-17-22-33(45)23-18-30)47-42(46-40)31-19-24-39-35(25-31)34-9-3-6-12-38(34)43(39)36-10-4-1-7-27(36)13-14-28-8-2-5-11-37(28)43/h1-26,34,38H. The lowest BCUT2D eigenvalue weighted by Crippen LogP contribution is -2.36. The topological polar surface area (TPSA) is 25.8 Å². The number of halogens is 2. The third-order valence-corrected chi connectivity index (χ3v) is 9.95. The van der Waals surface area contributed by atoms with Crippen molar-refractivity contribution in [1.29, 1.82) is 0 Å². The van der Waals surface area contributed by atoms with Gasteiger partial charge >= 0.3 is 0 Å². The molecule has 47 heavy (non-hydrogen) atoms. The number of hydrogen-bond acceptors (Lipinski definition) is 2. The Morgan fingerprint density at radius 2 is 1.04 bits per heavy atom. The summed E-state index contributed by atoms with van der Waals surface area (Å²) in [6.45, 7) is 0. The highest BCUT2D eigenvalue weighted by Gasteiger charge is 2.54. The van der Waals surface area contributed by atoms with Gasteiger partial charge in [0.15, 0.2) is 5.82 Å². The fourth-order valence-corrected chi connectivity index (χ4v) is 7.92. The van der Waals surface area contributed by atoms with Gasteiger partial charge in [-0.25, -0.2) is 18.7 Å². The summed E-state index contributed by atoms with van der Waals surface area (Å²) >= 11 is 0. The zero-order chi connectivity index (χ0) is 31.5. The van der Waals surface area contributed by atoms with E-state index in [1.165, 1.54) is 57.6 Å². The highest BCUT2D eigenvalue weighted by atomic mass is 19.1. The van der Waals surface area contributed by atoms with E-state index in [9.17, 15) is 8.78 Å². The summed E-state index contributed by atoms with van der Waals surface area (Å²) in [7, 11) is 0. The van der Waals surface area contributed by atoms with Crippen LogP contribution in [0.1, 0.15) is 39.3 Å². The number of rotatable bonds is 3. The molecule has 5 aromatic carbocycles. The maximum absolute atomic E-state index is 13.9. The quantitative estimate of drug-likeness (QED) is 0.199. The second-order valence-corrected chi connectivity index (χ2v) is 12.4. The molecule has 9 rings (SSSR count). The highest BCUT2D eigenvalue weighted by molar-refractivity contribution is 5.82. The lowest BCUT2D eigenvalue weighted by Gasteiger charge is -2.39. The highest BCUT2D eigenvalue weighted by Crippen LogP contribution is 2.61. The average molecular weight is 611 g/mol. The van der Waals surface area contributed by atoms with Crippen molar-refractivity contribution < 1.29 is 8.78 Å². The van der Waals surface area contributed by atoms with Crippen molar-refractivity contribution in [2.75, 3.05) is 0 Å². The van der Waals surface area contributed by atoms with E-state index in [0.717, 1.165) is 16.7 Å². The Balaban J connectivity index is 1.28. The molecule has 0 fully saturated rings. The molecule has 0 saturated heterocycles. The lowest BCUT2D eigenvalue weighted by molar-refractivity contribution is 0.456. The minimum atomic E-state index is -0.396. The molecule has 1 aromatic heterocycles.